The van der Waals surface area contributed by atoms with Crippen molar-refractivity contribution in [3.05, 3.63) is 29.3 Å². The average molecular weight is 464 g/mol. The van der Waals surface area contributed by atoms with E-state index in [1.165, 1.54) is 24.0 Å². The van der Waals surface area contributed by atoms with E-state index < -0.39 is 24.0 Å². The molecular formula is C27H45NO5. The number of aliphatic hydroxyl groups is 1. The highest BCUT2D eigenvalue weighted by Crippen LogP contribution is 2.45. The number of rotatable bonds is 16. The van der Waals surface area contributed by atoms with Gasteiger partial charge in [-0.25, -0.2) is 0 Å². The zero-order chi connectivity index (χ0) is 24.5. The van der Waals surface area contributed by atoms with Gasteiger partial charge in [0.25, 0.3) is 0 Å². The standard InChI is InChI=1S/C27H45NO5/c1-17(2)21(15-24(28)25(29)16-23(18(3)4)27(30)31)13-19-7-10-22(20-8-9-20)26(14-19)33-12-6-11-32-5/h7,10,14,17-18,20-21,23-25,29H,6,8-9,11-13,15-16,28H2,1-5H3,(H,30,31). The summed E-state index contributed by atoms with van der Waals surface area (Å²) in [7, 11) is 1.70. The van der Waals surface area contributed by atoms with Crippen LogP contribution in [-0.2, 0) is 16.0 Å². The number of aliphatic hydroxyl groups excluding tert-OH is 1. The largest absolute Gasteiger partial charge is 0.493 e. The maximum Gasteiger partial charge on any atom is 0.306 e. The summed E-state index contributed by atoms with van der Waals surface area (Å²) in [5.74, 6) is 0.769. The second-order valence-corrected chi connectivity index (χ2v) is 10.4. The van der Waals surface area contributed by atoms with Gasteiger partial charge in [0.05, 0.1) is 18.6 Å². The first-order chi connectivity index (χ1) is 15.6. The molecule has 0 saturated heterocycles. The molecule has 4 atom stereocenters. The van der Waals surface area contributed by atoms with Gasteiger partial charge in [-0.15, -0.1) is 0 Å². The highest BCUT2D eigenvalue weighted by molar-refractivity contribution is 5.70. The molecule has 0 spiro atoms. The number of carboxylic acid groups (broad SMARTS) is 1. The van der Waals surface area contributed by atoms with Gasteiger partial charge in [0.15, 0.2) is 0 Å². The third-order valence-electron chi connectivity index (χ3n) is 6.97. The zero-order valence-electron chi connectivity index (χ0n) is 21.1. The maximum atomic E-state index is 11.5. The molecule has 0 amide bonds. The Kier molecular flexibility index (Phi) is 11.1. The number of hydrogen-bond acceptors (Lipinski definition) is 5. The van der Waals surface area contributed by atoms with Gasteiger partial charge in [-0.05, 0) is 73.0 Å². The fourth-order valence-corrected chi connectivity index (χ4v) is 4.44. The molecule has 0 aromatic heterocycles. The average Bonchev–Trinajstić information content (AvgIpc) is 3.59. The van der Waals surface area contributed by atoms with Gasteiger partial charge in [0, 0.05) is 26.2 Å². The van der Waals surface area contributed by atoms with E-state index in [9.17, 15) is 15.0 Å². The van der Waals surface area contributed by atoms with Crippen LogP contribution in [0.15, 0.2) is 18.2 Å². The van der Waals surface area contributed by atoms with Gasteiger partial charge in [0.2, 0.25) is 0 Å². The van der Waals surface area contributed by atoms with E-state index in [1.807, 2.05) is 13.8 Å². The lowest BCUT2D eigenvalue weighted by molar-refractivity contribution is -0.144. The van der Waals surface area contributed by atoms with E-state index in [0.717, 1.165) is 18.6 Å². The SMILES string of the molecule is COCCCOc1cc(CC(CC(N)C(O)CC(C(=O)O)C(C)C)C(C)C)ccc1C1CC1. The van der Waals surface area contributed by atoms with Crippen molar-refractivity contribution in [2.24, 2.45) is 29.4 Å². The van der Waals surface area contributed by atoms with E-state index in [1.54, 1.807) is 7.11 Å². The molecule has 0 heterocycles. The number of methoxy groups -OCH3 is 1. The quantitative estimate of drug-likeness (QED) is 0.309. The van der Waals surface area contributed by atoms with Gasteiger partial charge < -0.3 is 25.4 Å². The van der Waals surface area contributed by atoms with Crippen LogP contribution in [0.3, 0.4) is 0 Å². The number of aliphatic carboxylic acids is 1. The second kappa shape index (κ2) is 13.3. The third-order valence-corrected chi connectivity index (χ3v) is 6.97. The Balaban J connectivity index is 2.04. The van der Waals surface area contributed by atoms with Crippen LogP contribution in [0.5, 0.6) is 5.75 Å². The molecular weight excluding hydrogens is 418 g/mol. The van der Waals surface area contributed by atoms with Crippen molar-refractivity contribution in [2.75, 3.05) is 20.3 Å². The summed E-state index contributed by atoms with van der Waals surface area (Å²) in [6.45, 7) is 9.43. The highest BCUT2D eigenvalue weighted by Gasteiger charge is 2.30. The lowest BCUT2D eigenvalue weighted by Gasteiger charge is -2.29. The van der Waals surface area contributed by atoms with Gasteiger partial charge >= 0.3 is 5.97 Å². The van der Waals surface area contributed by atoms with Crippen LogP contribution >= 0.6 is 0 Å². The molecule has 0 radical (unpaired) electrons. The number of hydrogen-bond donors (Lipinski definition) is 3. The molecule has 4 N–H and O–H groups in total. The number of nitrogens with two attached hydrogens (primary N) is 1. The minimum absolute atomic E-state index is 0.0439. The van der Waals surface area contributed by atoms with Crippen molar-refractivity contribution >= 4 is 5.97 Å². The fraction of sp³-hybridized carbons (Fsp3) is 0.741. The van der Waals surface area contributed by atoms with Crippen molar-refractivity contribution < 1.29 is 24.5 Å². The number of carboxylic acids is 1. The van der Waals surface area contributed by atoms with Crippen molar-refractivity contribution in [3.8, 4) is 5.75 Å². The number of benzene rings is 1. The molecule has 4 unspecified atom stereocenters. The lowest BCUT2D eigenvalue weighted by Crippen LogP contribution is -2.40. The Morgan fingerprint density at radius 2 is 1.82 bits per heavy atom. The van der Waals surface area contributed by atoms with Crippen LogP contribution in [0.2, 0.25) is 0 Å². The minimum atomic E-state index is -0.870. The van der Waals surface area contributed by atoms with Crippen LogP contribution in [0, 0.1) is 23.7 Å². The summed E-state index contributed by atoms with van der Waals surface area (Å²) >= 11 is 0. The van der Waals surface area contributed by atoms with Crippen molar-refractivity contribution in [2.45, 2.75) is 84.3 Å². The smallest absolute Gasteiger partial charge is 0.306 e. The zero-order valence-corrected chi connectivity index (χ0v) is 21.1. The molecule has 0 aliphatic heterocycles. The van der Waals surface area contributed by atoms with Crippen molar-refractivity contribution in [3.63, 3.8) is 0 Å². The second-order valence-electron chi connectivity index (χ2n) is 10.4. The van der Waals surface area contributed by atoms with Gasteiger partial charge in [0.1, 0.15) is 5.75 Å². The first kappa shape index (κ1) is 27.6. The molecule has 33 heavy (non-hydrogen) atoms. The molecule has 188 valence electrons. The summed E-state index contributed by atoms with van der Waals surface area (Å²) in [5.41, 5.74) is 8.89. The molecule has 1 aromatic rings. The highest BCUT2D eigenvalue weighted by atomic mass is 16.5. The fourth-order valence-electron chi connectivity index (χ4n) is 4.44. The Labute approximate surface area is 199 Å². The summed E-state index contributed by atoms with van der Waals surface area (Å²) < 4.78 is 11.3. The molecule has 2 rings (SSSR count). The minimum Gasteiger partial charge on any atom is -0.493 e. The van der Waals surface area contributed by atoms with E-state index in [4.69, 9.17) is 15.2 Å². The summed E-state index contributed by atoms with van der Waals surface area (Å²) in [6, 6.07) is 6.14. The Morgan fingerprint density at radius 1 is 1.12 bits per heavy atom. The van der Waals surface area contributed by atoms with Crippen molar-refractivity contribution in [1.29, 1.82) is 0 Å². The van der Waals surface area contributed by atoms with E-state index in [2.05, 4.69) is 32.0 Å². The van der Waals surface area contributed by atoms with Crippen LogP contribution in [0.25, 0.3) is 0 Å². The van der Waals surface area contributed by atoms with E-state index >= 15 is 0 Å². The van der Waals surface area contributed by atoms with Crippen LogP contribution in [0.1, 0.15) is 76.8 Å². The monoisotopic (exact) mass is 463 g/mol. The van der Waals surface area contributed by atoms with E-state index in [-0.39, 0.29) is 18.3 Å². The third kappa shape index (κ3) is 8.91. The van der Waals surface area contributed by atoms with Crippen molar-refractivity contribution in [1.82, 2.24) is 0 Å². The molecule has 6 heteroatoms. The molecule has 1 aliphatic rings. The van der Waals surface area contributed by atoms with Crippen LogP contribution in [0.4, 0.5) is 0 Å². The Morgan fingerprint density at radius 3 is 2.36 bits per heavy atom. The number of carbonyl (C=O) groups is 1. The molecule has 6 nitrogen and oxygen atoms in total. The molecule has 1 aliphatic carbocycles. The molecule has 1 fully saturated rings. The number of ether oxygens (including phenoxy) is 2. The first-order valence-electron chi connectivity index (χ1n) is 12.5. The predicted octanol–water partition coefficient (Wildman–Crippen LogP) is 4.62. The lowest BCUT2D eigenvalue weighted by atomic mass is 9.81. The van der Waals surface area contributed by atoms with Crippen LogP contribution in [-0.4, -0.2) is 48.7 Å². The topological polar surface area (TPSA) is 102 Å². The normalized spacial score (nSPS) is 17.7. The predicted molar refractivity (Wildman–Crippen MR) is 132 cm³/mol. The maximum absolute atomic E-state index is 11.5. The summed E-state index contributed by atoms with van der Waals surface area (Å²) in [4.78, 5) is 11.5. The molecule has 1 aromatic carbocycles. The van der Waals surface area contributed by atoms with Gasteiger partial charge in [-0.1, -0.05) is 39.8 Å². The molecule has 1 saturated carbocycles. The molecule has 0 bridgehead atoms. The first-order valence-corrected chi connectivity index (χ1v) is 12.5. The van der Waals surface area contributed by atoms with Crippen LogP contribution < -0.4 is 10.5 Å². The van der Waals surface area contributed by atoms with Gasteiger partial charge in [-0.2, -0.15) is 0 Å². The van der Waals surface area contributed by atoms with Gasteiger partial charge in [-0.3, -0.25) is 4.79 Å². The summed E-state index contributed by atoms with van der Waals surface area (Å²) in [6.07, 6.45) is 4.17. The Hall–Kier alpha value is -1.63. The van der Waals surface area contributed by atoms with E-state index in [0.29, 0.717) is 31.5 Å². The summed E-state index contributed by atoms with van der Waals surface area (Å²) in [5, 5.41) is 20.1. The Bertz CT molecular complexity index is 731.